The number of carbonyl (C=O) groups is 2. The molecule has 2 N–H and O–H groups in total. The molecule has 1 aromatic heterocycles. The summed E-state index contributed by atoms with van der Waals surface area (Å²) in [6.45, 7) is 5.77. The lowest BCUT2D eigenvalue weighted by atomic mass is 10.1. The van der Waals surface area contributed by atoms with Gasteiger partial charge in [-0.3, -0.25) is 4.79 Å². The fourth-order valence-electron chi connectivity index (χ4n) is 1.40. The second kappa shape index (κ2) is 6.07. The first-order chi connectivity index (χ1) is 8.02. The molecule has 6 heteroatoms. The van der Waals surface area contributed by atoms with Crippen molar-refractivity contribution in [2.75, 3.05) is 12.4 Å². The first kappa shape index (κ1) is 14.1. The second-order valence-electron chi connectivity index (χ2n) is 3.24. The molecule has 0 aromatic carbocycles. The van der Waals surface area contributed by atoms with E-state index < -0.39 is 5.91 Å². The summed E-state index contributed by atoms with van der Waals surface area (Å²) in [6, 6.07) is 0. The lowest BCUT2D eigenvalue weighted by molar-refractivity contribution is 0.0531. The van der Waals surface area contributed by atoms with Crippen molar-refractivity contribution in [3.8, 4) is 0 Å². The van der Waals surface area contributed by atoms with Gasteiger partial charge in [0.05, 0.1) is 16.4 Å². The SMILES string of the molecule is CCOC(=O)c1sc(SCC)c(C(N)=O)c1C. The molecule has 0 aliphatic heterocycles. The summed E-state index contributed by atoms with van der Waals surface area (Å²) >= 11 is 2.79. The molecular weight excluding hydrogens is 258 g/mol. The van der Waals surface area contributed by atoms with E-state index in [1.165, 1.54) is 23.1 Å². The minimum atomic E-state index is -0.495. The number of rotatable bonds is 5. The standard InChI is InChI=1S/C11H15NO3S2/c1-4-15-10(14)8-6(3)7(9(12)13)11(17-8)16-5-2/h4-5H2,1-3H3,(H2,12,13). The smallest absolute Gasteiger partial charge is 0.348 e. The Hall–Kier alpha value is -1.01. The van der Waals surface area contributed by atoms with Crippen LogP contribution in [-0.4, -0.2) is 24.2 Å². The van der Waals surface area contributed by atoms with Crippen LogP contribution in [-0.2, 0) is 4.74 Å². The highest BCUT2D eigenvalue weighted by Gasteiger charge is 2.23. The van der Waals surface area contributed by atoms with Gasteiger partial charge in [-0.25, -0.2) is 4.79 Å². The topological polar surface area (TPSA) is 69.4 Å². The van der Waals surface area contributed by atoms with Gasteiger partial charge in [-0.1, -0.05) is 6.92 Å². The maximum atomic E-state index is 11.7. The monoisotopic (exact) mass is 273 g/mol. The first-order valence-electron chi connectivity index (χ1n) is 5.25. The van der Waals surface area contributed by atoms with E-state index in [4.69, 9.17) is 10.5 Å². The number of amides is 1. The van der Waals surface area contributed by atoms with Crippen LogP contribution in [0.25, 0.3) is 0 Å². The van der Waals surface area contributed by atoms with Gasteiger partial charge in [0, 0.05) is 0 Å². The van der Waals surface area contributed by atoms with Crippen molar-refractivity contribution < 1.29 is 14.3 Å². The summed E-state index contributed by atoms with van der Waals surface area (Å²) in [5.41, 5.74) is 6.41. The summed E-state index contributed by atoms with van der Waals surface area (Å²) in [6.07, 6.45) is 0. The van der Waals surface area contributed by atoms with Gasteiger partial charge in [0.15, 0.2) is 0 Å². The van der Waals surface area contributed by atoms with E-state index in [0.29, 0.717) is 22.6 Å². The van der Waals surface area contributed by atoms with E-state index in [1.54, 1.807) is 13.8 Å². The Labute approximate surface area is 109 Å². The summed E-state index contributed by atoms with van der Waals surface area (Å²) in [5, 5.41) is 0. The number of primary amides is 1. The van der Waals surface area contributed by atoms with Gasteiger partial charge in [0.25, 0.3) is 5.91 Å². The number of thioether (sulfide) groups is 1. The molecule has 1 amide bonds. The van der Waals surface area contributed by atoms with Crippen molar-refractivity contribution in [1.29, 1.82) is 0 Å². The quantitative estimate of drug-likeness (QED) is 0.661. The number of thiophene rings is 1. The Balaban J connectivity index is 3.21. The Bertz CT molecular complexity index is 440. The number of ether oxygens (including phenoxy) is 1. The van der Waals surface area contributed by atoms with E-state index in [2.05, 4.69) is 0 Å². The molecule has 0 fully saturated rings. The zero-order chi connectivity index (χ0) is 13.0. The van der Waals surface area contributed by atoms with Gasteiger partial charge in [-0.15, -0.1) is 23.1 Å². The Morgan fingerprint density at radius 1 is 1.41 bits per heavy atom. The summed E-state index contributed by atoms with van der Waals surface area (Å²) in [5.74, 6) is -0.0617. The van der Waals surface area contributed by atoms with Crippen molar-refractivity contribution in [3.05, 3.63) is 16.0 Å². The lowest BCUT2D eigenvalue weighted by Gasteiger charge is -2.00. The van der Waals surface area contributed by atoms with Gasteiger partial charge in [-0.05, 0) is 25.2 Å². The summed E-state index contributed by atoms with van der Waals surface area (Å²) < 4.78 is 5.74. The van der Waals surface area contributed by atoms with Crippen LogP contribution in [0.1, 0.15) is 39.4 Å². The third-order valence-corrected chi connectivity index (χ3v) is 4.52. The maximum Gasteiger partial charge on any atom is 0.348 e. The molecule has 17 heavy (non-hydrogen) atoms. The molecule has 1 heterocycles. The third-order valence-electron chi connectivity index (χ3n) is 2.10. The molecule has 0 spiro atoms. The zero-order valence-electron chi connectivity index (χ0n) is 10.0. The predicted molar refractivity (Wildman–Crippen MR) is 69.9 cm³/mol. The van der Waals surface area contributed by atoms with Crippen LogP contribution in [0.3, 0.4) is 0 Å². The molecule has 0 saturated heterocycles. The molecule has 1 rings (SSSR count). The molecule has 0 unspecified atom stereocenters. The molecule has 0 bridgehead atoms. The van der Waals surface area contributed by atoms with Crippen LogP contribution < -0.4 is 5.73 Å². The highest BCUT2D eigenvalue weighted by Crippen LogP contribution is 2.36. The lowest BCUT2D eigenvalue weighted by Crippen LogP contribution is -2.13. The van der Waals surface area contributed by atoms with Crippen molar-refractivity contribution in [1.82, 2.24) is 0 Å². The number of carbonyl (C=O) groups excluding carboxylic acids is 2. The molecule has 1 aromatic rings. The van der Waals surface area contributed by atoms with Gasteiger partial charge in [0.2, 0.25) is 0 Å². The molecule has 0 atom stereocenters. The van der Waals surface area contributed by atoms with E-state index in [1.807, 2.05) is 6.92 Å². The predicted octanol–water partition coefficient (Wildman–Crippen LogP) is 2.44. The Morgan fingerprint density at radius 2 is 2.06 bits per heavy atom. The minimum absolute atomic E-state index is 0.318. The van der Waals surface area contributed by atoms with Gasteiger partial charge >= 0.3 is 5.97 Å². The van der Waals surface area contributed by atoms with Crippen molar-refractivity contribution in [3.63, 3.8) is 0 Å². The number of hydrogen-bond donors (Lipinski definition) is 1. The van der Waals surface area contributed by atoms with E-state index in [9.17, 15) is 9.59 Å². The van der Waals surface area contributed by atoms with Crippen molar-refractivity contribution in [2.45, 2.75) is 25.0 Å². The molecule has 0 saturated carbocycles. The summed E-state index contributed by atoms with van der Waals surface area (Å²) in [7, 11) is 0. The van der Waals surface area contributed by atoms with Crippen molar-refractivity contribution in [2.24, 2.45) is 5.73 Å². The van der Waals surface area contributed by atoms with E-state index >= 15 is 0 Å². The third kappa shape index (κ3) is 3.01. The second-order valence-corrected chi connectivity index (χ2v) is 5.79. The van der Waals surface area contributed by atoms with Crippen LogP contribution in [0, 0.1) is 6.92 Å². The summed E-state index contributed by atoms with van der Waals surface area (Å²) in [4.78, 5) is 23.5. The Kier molecular flexibility index (Phi) is 5.02. The molecule has 0 radical (unpaired) electrons. The molecule has 94 valence electrons. The van der Waals surface area contributed by atoms with E-state index in [-0.39, 0.29) is 5.97 Å². The maximum absolute atomic E-state index is 11.7. The fraction of sp³-hybridized carbons (Fsp3) is 0.455. The van der Waals surface area contributed by atoms with Gasteiger partial charge in [-0.2, -0.15) is 0 Å². The number of hydrogen-bond acceptors (Lipinski definition) is 5. The largest absolute Gasteiger partial charge is 0.462 e. The van der Waals surface area contributed by atoms with Crippen LogP contribution in [0.4, 0.5) is 0 Å². The highest BCUT2D eigenvalue weighted by molar-refractivity contribution is 8.01. The average molecular weight is 273 g/mol. The van der Waals surface area contributed by atoms with Gasteiger partial charge in [0.1, 0.15) is 4.88 Å². The number of esters is 1. The highest BCUT2D eigenvalue weighted by atomic mass is 32.2. The van der Waals surface area contributed by atoms with Crippen LogP contribution in [0.2, 0.25) is 0 Å². The van der Waals surface area contributed by atoms with Crippen molar-refractivity contribution >= 4 is 35.0 Å². The van der Waals surface area contributed by atoms with Gasteiger partial charge < -0.3 is 10.5 Å². The molecule has 0 aliphatic rings. The minimum Gasteiger partial charge on any atom is -0.462 e. The molecule has 0 aliphatic carbocycles. The van der Waals surface area contributed by atoms with Crippen LogP contribution in [0.5, 0.6) is 0 Å². The zero-order valence-corrected chi connectivity index (χ0v) is 11.7. The van der Waals surface area contributed by atoms with Crippen LogP contribution in [0.15, 0.2) is 4.21 Å². The molecule has 4 nitrogen and oxygen atoms in total. The van der Waals surface area contributed by atoms with Crippen LogP contribution >= 0.6 is 23.1 Å². The Morgan fingerprint density at radius 3 is 2.53 bits per heavy atom. The first-order valence-corrected chi connectivity index (χ1v) is 7.06. The number of nitrogens with two attached hydrogens (primary N) is 1. The van der Waals surface area contributed by atoms with E-state index in [0.717, 1.165) is 9.96 Å². The molecular formula is C11H15NO3S2. The average Bonchev–Trinajstić information content (AvgIpc) is 2.56. The normalized spacial score (nSPS) is 10.3. The fourth-order valence-corrected chi connectivity index (χ4v) is 3.83.